The third-order valence-corrected chi connectivity index (χ3v) is 10.1. The Hall–Kier alpha value is -4.35. The topological polar surface area (TPSA) is 127 Å². The van der Waals surface area contributed by atoms with E-state index in [0.717, 1.165) is 23.9 Å². The molecule has 0 saturated carbocycles. The second-order valence-corrected chi connectivity index (χ2v) is 13.0. The van der Waals surface area contributed by atoms with E-state index in [1.807, 2.05) is 67.6 Å². The molecule has 3 saturated heterocycles. The molecular weight excluding hydrogens is 598 g/mol. The zero-order chi connectivity index (χ0) is 33.2. The summed E-state index contributed by atoms with van der Waals surface area (Å²) in [7, 11) is 0. The number of ether oxygens (including phenoxy) is 2. The average molecular weight is 642 g/mol. The number of esters is 1. The summed E-state index contributed by atoms with van der Waals surface area (Å²) in [5.41, 5.74) is 0.106. The molecule has 3 aromatic rings. The number of carbonyl (C=O) groups is 3. The summed E-state index contributed by atoms with van der Waals surface area (Å²) in [5, 5.41) is 19.3. The minimum atomic E-state index is -1.27. The van der Waals surface area contributed by atoms with Crippen LogP contribution in [0.4, 0.5) is 0 Å². The number of allylic oxidation sites excluding steroid dienone is 1. The van der Waals surface area contributed by atoms with Gasteiger partial charge in [0.2, 0.25) is 11.8 Å². The maximum atomic E-state index is 14.9. The van der Waals surface area contributed by atoms with Gasteiger partial charge in [-0.1, -0.05) is 59.8 Å². The third kappa shape index (κ3) is 5.76. The van der Waals surface area contributed by atoms with Crippen LogP contribution < -0.4 is 0 Å². The molecule has 0 aliphatic carbocycles. The Morgan fingerprint density at radius 3 is 2.64 bits per heavy atom. The van der Waals surface area contributed by atoms with Crippen LogP contribution >= 0.6 is 0 Å². The standard InChI is InChI=1S/C36H43N5O6/c1-4-6-7-13-21-46-34(45)30-29-32(43)41(26(23-42)22-25-14-9-8-10-15-25)31(36(29)19-18-35(30,3)47-36)33(44)39(20-5-2)24-40-28-17-12-11-16-27(28)37-38-40/h4-5,8-12,14-17,26,29-31,42H,1-2,6-7,13,18-24H2,3H3/t26-,29+,30+,31?,35-,36?/m1/s1. The molecule has 11 heteroatoms. The summed E-state index contributed by atoms with van der Waals surface area (Å²) in [4.78, 5) is 46.5. The molecule has 2 aromatic carbocycles. The number of aliphatic hydroxyl groups excluding tert-OH is 1. The van der Waals surface area contributed by atoms with E-state index >= 15 is 0 Å². The van der Waals surface area contributed by atoms with Crippen LogP contribution in [0, 0.1) is 11.8 Å². The van der Waals surface area contributed by atoms with Crippen LogP contribution in [0.3, 0.4) is 0 Å². The Labute approximate surface area is 274 Å². The van der Waals surface area contributed by atoms with Crippen LogP contribution in [-0.2, 0) is 36.9 Å². The number of aromatic nitrogens is 3. The number of benzene rings is 2. The van der Waals surface area contributed by atoms with Crippen LogP contribution in [-0.4, -0.2) is 90.7 Å². The first-order chi connectivity index (χ1) is 22.8. The monoisotopic (exact) mass is 641 g/mol. The molecule has 4 heterocycles. The predicted octanol–water partition coefficient (Wildman–Crippen LogP) is 3.67. The maximum Gasteiger partial charge on any atom is 0.312 e. The fourth-order valence-corrected chi connectivity index (χ4v) is 7.91. The molecule has 6 atom stereocenters. The highest BCUT2D eigenvalue weighted by Gasteiger charge is 2.79. The first-order valence-electron chi connectivity index (χ1n) is 16.4. The maximum absolute atomic E-state index is 14.9. The van der Waals surface area contributed by atoms with E-state index < -0.39 is 41.1 Å². The smallest absolute Gasteiger partial charge is 0.312 e. The molecule has 248 valence electrons. The molecule has 1 N–H and O–H groups in total. The van der Waals surface area contributed by atoms with E-state index in [1.165, 1.54) is 4.90 Å². The van der Waals surface area contributed by atoms with Crippen LogP contribution in [0.5, 0.6) is 0 Å². The Morgan fingerprint density at radius 1 is 1.13 bits per heavy atom. The van der Waals surface area contributed by atoms with Crippen molar-refractivity contribution in [3.05, 3.63) is 85.5 Å². The number of para-hydroxylation sites is 1. The molecule has 47 heavy (non-hydrogen) atoms. The number of aliphatic hydroxyl groups is 1. The number of unbranched alkanes of at least 4 members (excludes halogenated alkanes) is 2. The van der Waals surface area contributed by atoms with Crippen molar-refractivity contribution >= 4 is 28.8 Å². The van der Waals surface area contributed by atoms with Crippen molar-refractivity contribution in [3.63, 3.8) is 0 Å². The van der Waals surface area contributed by atoms with Gasteiger partial charge in [0.05, 0.1) is 36.3 Å². The highest BCUT2D eigenvalue weighted by atomic mass is 16.6. The highest BCUT2D eigenvalue weighted by Crippen LogP contribution is 2.63. The van der Waals surface area contributed by atoms with E-state index in [2.05, 4.69) is 23.5 Å². The summed E-state index contributed by atoms with van der Waals surface area (Å²) in [6.45, 7) is 9.55. The second-order valence-electron chi connectivity index (χ2n) is 13.0. The molecule has 1 aromatic heterocycles. The second kappa shape index (κ2) is 13.4. The zero-order valence-electron chi connectivity index (χ0n) is 26.9. The summed E-state index contributed by atoms with van der Waals surface area (Å²) in [6, 6.07) is 15.2. The van der Waals surface area contributed by atoms with Crippen molar-refractivity contribution in [1.29, 1.82) is 0 Å². The van der Waals surface area contributed by atoms with Gasteiger partial charge in [0.25, 0.3) is 0 Å². The molecular formula is C36H43N5O6. The number of likely N-dealkylation sites (tertiary alicyclic amines) is 1. The molecule has 2 unspecified atom stereocenters. The molecule has 1 spiro atoms. The first-order valence-corrected chi connectivity index (χ1v) is 16.4. The van der Waals surface area contributed by atoms with Gasteiger partial charge >= 0.3 is 5.97 Å². The van der Waals surface area contributed by atoms with Crippen LogP contribution in [0.2, 0.25) is 0 Å². The first kappa shape index (κ1) is 32.6. The summed E-state index contributed by atoms with van der Waals surface area (Å²) < 4.78 is 14.2. The van der Waals surface area contributed by atoms with Gasteiger partial charge in [-0.05, 0) is 63.1 Å². The number of nitrogens with zero attached hydrogens (tertiary/aromatic N) is 5. The van der Waals surface area contributed by atoms with E-state index in [0.29, 0.717) is 31.2 Å². The van der Waals surface area contributed by atoms with Crippen LogP contribution in [0.25, 0.3) is 11.0 Å². The zero-order valence-corrected chi connectivity index (χ0v) is 26.9. The molecule has 11 nitrogen and oxygen atoms in total. The van der Waals surface area contributed by atoms with E-state index in [1.54, 1.807) is 15.7 Å². The number of rotatable bonds is 15. The molecule has 3 aliphatic heterocycles. The van der Waals surface area contributed by atoms with Crippen molar-refractivity contribution in [1.82, 2.24) is 24.8 Å². The van der Waals surface area contributed by atoms with E-state index in [4.69, 9.17) is 9.47 Å². The van der Waals surface area contributed by atoms with Gasteiger partial charge in [-0.25, -0.2) is 4.68 Å². The SMILES string of the molecule is C=CCCCCOC(=O)[C@@H]1[C@H]2C(=O)N([C@@H](CO)Cc3ccccc3)C(C(=O)N(CC=C)Cn3nnc4ccccc43)C23CC[C@@]1(C)O3. The Balaban J connectivity index is 1.38. The Kier molecular flexibility index (Phi) is 9.29. The highest BCUT2D eigenvalue weighted by molar-refractivity contribution is 5.98. The quantitative estimate of drug-likeness (QED) is 0.151. The number of carbonyl (C=O) groups excluding carboxylic acids is 3. The van der Waals surface area contributed by atoms with Gasteiger partial charge < -0.3 is 24.4 Å². The van der Waals surface area contributed by atoms with Crippen molar-refractivity contribution in [2.45, 2.75) is 75.4 Å². The molecule has 0 radical (unpaired) electrons. The summed E-state index contributed by atoms with van der Waals surface area (Å²) in [6.07, 6.45) is 7.01. The normalized spacial score (nSPS) is 26.7. The fraction of sp³-hybridized carbons (Fsp3) is 0.472. The number of hydrogen-bond acceptors (Lipinski definition) is 8. The lowest BCUT2D eigenvalue weighted by molar-refractivity contribution is -0.162. The lowest BCUT2D eigenvalue weighted by Gasteiger charge is -2.39. The minimum Gasteiger partial charge on any atom is -0.465 e. The number of fused-ring (bicyclic) bond motifs is 2. The lowest BCUT2D eigenvalue weighted by atomic mass is 9.66. The van der Waals surface area contributed by atoms with Crippen molar-refractivity contribution in [2.75, 3.05) is 19.8 Å². The van der Waals surface area contributed by atoms with E-state index in [-0.39, 0.29) is 38.2 Å². The van der Waals surface area contributed by atoms with Gasteiger partial charge in [-0.2, -0.15) is 0 Å². The molecule has 2 amide bonds. The molecule has 3 fully saturated rings. The predicted molar refractivity (Wildman–Crippen MR) is 175 cm³/mol. The average Bonchev–Trinajstić information content (AvgIpc) is 3.79. The fourth-order valence-electron chi connectivity index (χ4n) is 7.91. The molecule has 2 bridgehead atoms. The third-order valence-electron chi connectivity index (χ3n) is 10.1. The van der Waals surface area contributed by atoms with Crippen molar-refractivity contribution in [2.24, 2.45) is 11.8 Å². The van der Waals surface area contributed by atoms with Gasteiger partial charge in [-0.15, -0.1) is 18.3 Å². The minimum absolute atomic E-state index is 0.0561. The Morgan fingerprint density at radius 2 is 1.89 bits per heavy atom. The largest absolute Gasteiger partial charge is 0.465 e. The van der Waals surface area contributed by atoms with Crippen LogP contribution in [0.1, 0.15) is 44.6 Å². The summed E-state index contributed by atoms with van der Waals surface area (Å²) >= 11 is 0. The number of amides is 2. The van der Waals surface area contributed by atoms with Gasteiger partial charge in [0, 0.05) is 6.54 Å². The summed E-state index contributed by atoms with van der Waals surface area (Å²) in [5.74, 6) is -3.04. The van der Waals surface area contributed by atoms with Gasteiger partial charge in [0.1, 0.15) is 29.7 Å². The lowest BCUT2D eigenvalue weighted by Crippen LogP contribution is -2.59. The van der Waals surface area contributed by atoms with Gasteiger partial charge in [-0.3, -0.25) is 14.4 Å². The Bertz CT molecular complexity index is 1640. The van der Waals surface area contributed by atoms with Crippen molar-refractivity contribution < 1.29 is 29.0 Å². The number of hydrogen-bond donors (Lipinski definition) is 1. The van der Waals surface area contributed by atoms with Crippen LogP contribution in [0.15, 0.2) is 79.9 Å². The van der Waals surface area contributed by atoms with Crippen molar-refractivity contribution in [3.8, 4) is 0 Å². The van der Waals surface area contributed by atoms with Gasteiger partial charge in [0.15, 0.2) is 0 Å². The molecule has 6 rings (SSSR count). The molecule has 3 aliphatic rings. The van der Waals surface area contributed by atoms with E-state index in [9.17, 15) is 19.5 Å².